The Hall–Kier alpha value is -2.24. The zero-order valence-electron chi connectivity index (χ0n) is 10.4. The van der Waals surface area contributed by atoms with Crippen LogP contribution in [0.5, 0.6) is 0 Å². The van der Waals surface area contributed by atoms with E-state index in [1.807, 2.05) is 26.0 Å². The molecule has 2 heterocycles. The number of nitrogens with one attached hydrogen (secondary N) is 2. The molecule has 6 heteroatoms. The molecule has 0 aliphatic rings. The average Bonchev–Trinajstić information content (AvgIpc) is 2.86. The summed E-state index contributed by atoms with van der Waals surface area (Å²) in [4.78, 5) is 20.0. The van der Waals surface area contributed by atoms with Crippen LogP contribution < -0.4 is 5.32 Å². The number of hydrogen-bond acceptors (Lipinski definition) is 4. The van der Waals surface area contributed by atoms with Crippen LogP contribution >= 0.6 is 0 Å². The summed E-state index contributed by atoms with van der Waals surface area (Å²) in [7, 11) is 0. The molecule has 6 nitrogen and oxygen atoms in total. The smallest absolute Gasteiger partial charge is 0.291 e. The van der Waals surface area contributed by atoms with Crippen molar-refractivity contribution in [3.8, 4) is 0 Å². The average molecular weight is 245 g/mol. The van der Waals surface area contributed by atoms with Crippen molar-refractivity contribution in [3.63, 3.8) is 0 Å². The number of aryl methyl sites for hydroxylation is 2. The van der Waals surface area contributed by atoms with Crippen molar-refractivity contribution >= 4 is 5.91 Å². The summed E-state index contributed by atoms with van der Waals surface area (Å²) >= 11 is 0. The zero-order chi connectivity index (χ0) is 13.0. The van der Waals surface area contributed by atoms with Crippen LogP contribution in [-0.2, 0) is 13.0 Å². The van der Waals surface area contributed by atoms with Gasteiger partial charge in [0.05, 0.1) is 0 Å². The molecule has 2 N–H and O–H groups in total. The lowest BCUT2D eigenvalue weighted by molar-refractivity contribution is 0.0941. The molecular formula is C12H15N5O. The molecule has 0 saturated carbocycles. The van der Waals surface area contributed by atoms with Crippen LogP contribution in [0.15, 0.2) is 18.3 Å². The maximum atomic E-state index is 11.7. The predicted octanol–water partition coefficient (Wildman–Crippen LogP) is 1.00. The number of aromatic nitrogens is 4. The van der Waals surface area contributed by atoms with Crippen molar-refractivity contribution in [3.05, 3.63) is 41.2 Å². The van der Waals surface area contributed by atoms with Gasteiger partial charge in [-0.3, -0.25) is 14.9 Å². The van der Waals surface area contributed by atoms with Gasteiger partial charge < -0.3 is 5.32 Å². The van der Waals surface area contributed by atoms with E-state index in [-0.39, 0.29) is 11.7 Å². The van der Waals surface area contributed by atoms with Crippen LogP contribution in [0.4, 0.5) is 0 Å². The Balaban J connectivity index is 1.93. The van der Waals surface area contributed by atoms with Gasteiger partial charge in [0.25, 0.3) is 5.91 Å². The highest BCUT2D eigenvalue weighted by Crippen LogP contribution is 1.99. The van der Waals surface area contributed by atoms with Gasteiger partial charge >= 0.3 is 0 Å². The lowest BCUT2D eigenvalue weighted by Gasteiger charge is -2.02. The number of hydrogen-bond donors (Lipinski definition) is 2. The van der Waals surface area contributed by atoms with E-state index in [0.717, 1.165) is 17.7 Å². The molecule has 1 amide bonds. The first kappa shape index (κ1) is 12.2. The van der Waals surface area contributed by atoms with Crippen molar-refractivity contribution < 1.29 is 4.79 Å². The third kappa shape index (κ3) is 2.91. The molecule has 0 fully saturated rings. The fourth-order valence-corrected chi connectivity index (χ4v) is 1.42. The second kappa shape index (κ2) is 5.39. The molecule has 0 spiro atoms. The molecule has 0 unspecified atom stereocenters. The molecule has 0 bridgehead atoms. The maximum absolute atomic E-state index is 11.7. The molecule has 0 atom stereocenters. The van der Waals surface area contributed by atoms with E-state index in [1.165, 1.54) is 0 Å². The standard InChI is InChI=1S/C12H15N5O/c1-3-10-15-11(17-16-10)12(18)14-7-9-5-4-8(2)13-6-9/h4-6H,3,7H2,1-2H3,(H,14,18)(H,15,16,17). The van der Waals surface area contributed by atoms with Crippen molar-refractivity contribution in [1.82, 2.24) is 25.5 Å². The lowest BCUT2D eigenvalue weighted by Crippen LogP contribution is -2.24. The van der Waals surface area contributed by atoms with E-state index in [2.05, 4.69) is 25.5 Å². The Kier molecular flexibility index (Phi) is 3.66. The van der Waals surface area contributed by atoms with Crippen LogP contribution in [0.2, 0.25) is 0 Å². The monoisotopic (exact) mass is 245 g/mol. The fourth-order valence-electron chi connectivity index (χ4n) is 1.42. The number of carbonyl (C=O) groups excluding carboxylic acids is 1. The van der Waals surface area contributed by atoms with Crippen LogP contribution in [0.1, 0.15) is 34.6 Å². The molecule has 0 aliphatic heterocycles. The first-order chi connectivity index (χ1) is 8.69. The second-order valence-corrected chi connectivity index (χ2v) is 3.95. The molecule has 0 aliphatic carbocycles. The second-order valence-electron chi connectivity index (χ2n) is 3.95. The Morgan fingerprint density at radius 1 is 1.44 bits per heavy atom. The molecule has 0 radical (unpaired) electrons. The number of rotatable bonds is 4. The summed E-state index contributed by atoms with van der Waals surface area (Å²) in [6, 6.07) is 3.83. The lowest BCUT2D eigenvalue weighted by atomic mass is 10.2. The van der Waals surface area contributed by atoms with Gasteiger partial charge in [-0.1, -0.05) is 13.0 Å². The third-order valence-corrected chi connectivity index (χ3v) is 2.50. The van der Waals surface area contributed by atoms with Gasteiger partial charge in [0.2, 0.25) is 5.82 Å². The molecule has 0 aromatic carbocycles. The quantitative estimate of drug-likeness (QED) is 0.841. The highest BCUT2D eigenvalue weighted by Gasteiger charge is 2.11. The number of amides is 1. The minimum atomic E-state index is -0.286. The van der Waals surface area contributed by atoms with Gasteiger partial charge in [-0.25, -0.2) is 4.98 Å². The van der Waals surface area contributed by atoms with Crippen LogP contribution in [0.25, 0.3) is 0 Å². The van der Waals surface area contributed by atoms with Crippen molar-refractivity contribution in [2.24, 2.45) is 0 Å². The van der Waals surface area contributed by atoms with Crippen molar-refractivity contribution in [1.29, 1.82) is 0 Å². The molecule has 94 valence electrons. The third-order valence-electron chi connectivity index (χ3n) is 2.50. The molecule has 18 heavy (non-hydrogen) atoms. The number of carbonyl (C=O) groups is 1. The summed E-state index contributed by atoms with van der Waals surface area (Å²) < 4.78 is 0. The van der Waals surface area contributed by atoms with E-state index < -0.39 is 0 Å². The van der Waals surface area contributed by atoms with Crippen LogP contribution in [-0.4, -0.2) is 26.1 Å². The van der Waals surface area contributed by atoms with E-state index >= 15 is 0 Å². The first-order valence-electron chi connectivity index (χ1n) is 5.80. The summed E-state index contributed by atoms with van der Waals surface area (Å²) in [6.07, 6.45) is 2.47. The predicted molar refractivity (Wildman–Crippen MR) is 65.9 cm³/mol. The highest BCUT2D eigenvalue weighted by atomic mass is 16.2. The SMILES string of the molecule is CCc1nc(C(=O)NCc2ccc(C)nc2)n[nH]1. The normalized spacial score (nSPS) is 10.3. The summed E-state index contributed by atoms with van der Waals surface area (Å²) in [5, 5.41) is 9.31. The van der Waals surface area contributed by atoms with Crippen molar-refractivity contribution in [2.45, 2.75) is 26.8 Å². The molecule has 0 saturated heterocycles. The van der Waals surface area contributed by atoms with Gasteiger partial charge in [0, 0.05) is 24.9 Å². The van der Waals surface area contributed by atoms with E-state index in [0.29, 0.717) is 12.4 Å². The molecular weight excluding hydrogens is 230 g/mol. The Morgan fingerprint density at radius 2 is 2.28 bits per heavy atom. The topological polar surface area (TPSA) is 83.6 Å². The van der Waals surface area contributed by atoms with Gasteiger partial charge in [-0.15, -0.1) is 5.10 Å². The maximum Gasteiger partial charge on any atom is 0.291 e. The van der Waals surface area contributed by atoms with Gasteiger partial charge in [0.15, 0.2) is 0 Å². The minimum Gasteiger partial charge on any atom is -0.345 e. The Labute approximate surface area is 105 Å². The van der Waals surface area contributed by atoms with Crippen molar-refractivity contribution in [2.75, 3.05) is 0 Å². The van der Waals surface area contributed by atoms with E-state index in [1.54, 1.807) is 6.20 Å². The summed E-state index contributed by atoms with van der Waals surface area (Å²) in [5.41, 5.74) is 1.90. The number of H-pyrrole nitrogens is 1. The highest BCUT2D eigenvalue weighted by molar-refractivity contribution is 5.90. The van der Waals surface area contributed by atoms with Crippen LogP contribution in [0, 0.1) is 6.92 Å². The van der Waals surface area contributed by atoms with E-state index in [4.69, 9.17) is 0 Å². The van der Waals surface area contributed by atoms with Gasteiger partial charge in [-0.05, 0) is 18.6 Å². The summed E-state index contributed by atoms with van der Waals surface area (Å²) in [6.45, 7) is 4.28. The molecule has 2 aromatic rings. The number of nitrogens with zero attached hydrogens (tertiary/aromatic N) is 3. The Morgan fingerprint density at radius 3 is 2.89 bits per heavy atom. The zero-order valence-corrected chi connectivity index (χ0v) is 10.4. The largest absolute Gasteiger partial charge is 0.345 e. The Bertz CT molecular complexity index is 532. The first-order valence-corrected chi connectivity index (χ1v) is 5.80. The van der Waals surface area contributed by atoms with Gasteiger partial charge in [0.1, 0.15) is 5.82 Å². The fraction of sp³-hybridized carbons (Fsp3) is 0.333. The number of pyridine rings is 1. The molecule has 2 rings (SSSR count). The summed E-state index contributed by atoms with van der Waals surface area (Å²) in [5.74, 6) is 0.593. The molecule has 2 aromatic heterocycles. The number of aromatic amines is 1. The van der Waals surface area contributed by atoms with Crippen LogP contribution in [0.3, 0.4) is 0 Å². The van der Waals surface area contributed by atoms with Gasteiger partial charge in [-0.2, -0.15) is 0 Å². The van der Waals surface area contributed by atoms with E-state index in [9.17, 15) is 4.79 Å². The minimum absolute atomic E-state index is 0.173.